The summed E-state index contributed by atoms with van der Waals surface area (Å²) in [5.74, 6) is 1.43. The van der Waals surface area contributed by atoms with Gasteiger partial charge >= 0.3 is 6.03 Å². The summed E-state index contributed by atoms with van der Waals surface area (Å²) in [7, 11) is 0. The van der Waals surface area contributed by atoms with Crippen LogP contribution in [-0.4, -0.2) is 45.8 Å². The highest BCUT2D eigenvalue weighted by Crippen LogP contribution is 2.40. The van der Waals surface area contributed by atoms with Crippen molar-refractivity contribution >= 4 is 28.6 Å². The van der Waals surface area contributed by atoms with Crippen LogP contribution in [0.25, 0.3) is 0 Å². The van der Waals surface area contributed by atoms with Crippen LogP contribution in [0.1, 0.15) is 37.4 Å². The van der Waals surface area contributed by atoms with Crippen LogP contribution in [0.5, 0.6) is 0 Å². The number of carbonyl (C=O) groups is 2. The summed E-state index contributed by atoms with van der Waals surface area (Å²) in [5.41, 5.74) is -0.351. The van der Waals surface area contributed by atoms with E-state index in [9.17, 15) is 9.59 Å². The van der Waals surface area contributed by atoms with E-state index in [1.165, 1.54) is 11.5 Å². The first-order valence-electron chi connectivity index (χ1n) is 7.34. The van der Waals surface area contributed by atoms with E-state index in [1.807, 2.05) is 0 Å². The van der Waals surface area contributed by atoms with Crippen LogP contribution in [0.3, 0.4) is 0 Å². The summed E-state index contributed by atoms with van der Waals surface area (Å²) in [6.07, 6.45) is 4.15. The molecule has 1 spiro atoms. The number of nitrogens with one attached hydrogen (secondary N) is 2. The molecular formula is C13H17N5O2S. The number of aromatic nitrogens is 2. The maximum Gasteiger partial charge on any atom is 0.323 e. The first kappa shape index (κ1) is 13.0. The van der Waals surface area contributed by atoms with E-state index >= 15 is 0 Å². The van der Waals surface area contributed by atoms with Crippen molar-refractivity contribution in [2.24, 2.45) is 5.41 Å². The molecule has 0 radical (unpaired) electrons. The van der Waals surface area contributed by atoms with E-state index in [2.05, 4.69) is 20.0 Å². The molecule has 1 aromatic rings. The number of piperidine rings is 1. The zero-order valence-electron chi connectivity index (χ0n) is 11.6. The fourth-order valence-corrected chi connectivity index (χ4v) is 3.66. The van der Waals surface area contributed by atoms with Crippen LogP contribution in [0.4, 0.5) is 9.93 Å². The molecule has 3 fully saturated rings. The Balaban J connectivity index is 1.35. The van der Waals surface area contributed by atoms with Crippen molar-refractivity contribution in [1.82, 2.24) is 19.6 Å². The molecule has 112 valence electrons. The van der Waals surface area contributed by atoms with Gasteiger partial charge in [-0.05, 0) is 25.7 Å². The first-order chi connectivity index (χ1) is 10.2. The molecule has 3 heterocycles. The highest BCUT2D eigenvalue weighted by molar-refractivity contribution is 7.09. The smallest absolute Gasteiger partial charge is 0.323 e. The van der Waals surface area contributed by atoms with E-state index in [-0.39, 0.29) is 17.4 Å². The molecule has 0 atom stereocenters. The number of anilines is 1. The summed E-state index contributed by atoms with van der Waals surface area (Å²) in [6.45, 7) is 1.75. The van der Waals surface area contributed by atoms with Crippen LogP contribution in [0, 0.1) is 5.41 Å². The number of rotatable bonds is 2. The lowest BCUT2D eigenvalue weighted by molar-refractivity contribution is -0.142. The maximum absolute atomic E-state index is 12.1. The largest absolute Gasteiger partial charge is 0.356 e. The van der Waals surface area contributed by atoms with Gasteiger partial charge in [0, 0.05) is 37.1 Å². The van der Waals surface area contributed by atoms with Crippen molar-refractivity contribution in [3.05, 3.63) is 5.82 Å². The van der Waals surface area contributed by atoms with E-state index in [0.29, 0.717) is 24.1 Å². The molecule has 1 saturated carbocycles. The second-order valence-corrected chi connectivity index (χ2v) is 6.91. The summed E-state index contributed by atoms with van der Waals surface area (Å²) in [4.78, 5) is 30.1. The molecular weight excluding hydrogens is 290 g/mol. The average Bonchev–Trinajstić information content (AvgIpc) is 3.18. The van der Waals surface area contributed by atoms with Crippen molar-refractivity contribution in [2.45, 2.75) is 31.6 Å². The van der Waals surface area contributed by atoms with Crippen LogP contribution >= 0.6 is 11.5 Å². The van der Waals surface area contributed by atoms with Gasteiger partial charge in [-0.1, -0.05) is 0 Å². The Morgan fingerprint density at radius 3 is 2.95 bits per heavy atom. The summed E-state index contributed by atoms with van der Waals surface area (Å²) in [6, 6.07) is -0.183. The molecule has 4 rings (SSSR count). The third-order valence-corrected chi connectivity index (χ3v) is 5.12. The van der Waals surface area contributed by atoms with Gasteiger partial charge in [0.2, 0.25) is 11.0 Å². The number of nitrogens with zero attached hydrogens (tertiary/aromatic N) is 3. The number of carbonyl (C=O) groups excluding carboxylic acids is 2. The number of urea groups is 1. The van der Waals surface area contributed by atoms with Gasteiger partial charge in [-0.15, -0.1) is 0 Å². The molecule has 0 bridgehead atoms. The maximum atomic E-state index is 12.1. The monoisotopic (exact) mass is 307 g/mol. The van der Waals surface area contributed by atoms with Gasteiger partial charge in [0.25, 0.3) is 0 Å². The Hall–Kier alpha value is -1.70. The minimum absolute atomic E-state index is 0.0877. The molecule has 0 unspecified atom stereocenters. The highest BCUT2D eigenvalue weighted by atomic mass is 32.1. The normalized spacial score (nSPS) is 23.6. The summed E-state index contributed by atoms with van der Waals surface area (Å²) in [5, 5.41) is 6.22. The van der Waals surface area contributed by atoms with Gasteiger partial charge in [0.15, 0.2) is 0 Å². The predicted octanol–water partition coefficient (Wildman–Crippen LogP) is 1.16. The van der Waals surface area contributed by atoms with Crippen LogP contribution in [-0.2, 0) is 4.79 Å². The molecule has 2 N–H and O–H groups in total. The van der Waals surface area contributed by atoms with Gasteiger partial charge < -0.3 is 10.2 Å². The zero-order chi connectivity index (χ0) is 14.4. The van der Waals surface area contributed by atoms with Crippen LogP contribution in [0.2, 0.25) is 0 Å². The Morgan fingerprint density at radius 2 is 2.24 bits per heavy atom. The Bertz CT molecular complexity index is 591. The SMILES string of the molecule is O=C(Nc1nc(C2CC2)ns1)N1CC2(CCCNC2=O)C1. The molecule has 7 nitrogen and oxygen atoms in total. The molecule has 1 aromatic heterocycles. The molecule has 3 aliphatic rings. The Kier molecular flexibility index (Phi) is 2.88. The molecule has 2 saturated heterocycles. The molecule has 1 aliphatic carbocycles. The van der Waals surface area contributed by atoms with Crippen LogP contribution < -0.4 is 10.6 Å². The minimum atomic E-state index is -0.351. The van der Waals surface area contributed by atoms with Gasteiger partial charge in [-0.3, -0.25) is 10.1 Å². The number of hydrogen-bond acceptors (Lipinski definition) is 5. The predicted molar refractivity (Wildman–Crippen MR) is 77.2 cm³/mol. The van der Waals surface area contributed by atoms with Crippen molar-refractivity contribution in [3.8, 4) is 0 Å². The lowest BCUT2D eigenvalue weighted by Gasteiger charge is -2.50. The first-order valence-corrected chi connectivity index (χ1v) is 8.11. The fraction of sp³-hybridized carbons (Fsp3) is 0.692. The van der Waals surface area contributed by atoms with Crippen molar-refractivity contribution < 1.29 is 9.59 Å². The minimum Gasteiger partial charge on any atom is -0.356 e. The number of amides is 3. The van der Waals surface area contributed by atoms with E-state index in [1.54, 1.807) is 4.90 Å². The van der Waals surface area contributed by atoms with Gasteiger partial charge in [-0.25, -0.2) is 9.78 Å². The molecule has 3 amide bonds. The molecule has 21 heavy (non-hydrogen) atoms. The lowest BCUT2D eigenvalue weighted by atomic mass is 9.73. The Labute approximate surface area is 126 Å². The number of hydrogen-bond donors (Lipinski definition) is 2. The average molecular weight is 307 g/mol. The van der Waals surface area contributed by atoms with E-state index in [0.717, 1.165) is 38.1 Å². The third-order valence-electron chi connectivity index (χ3n) is 4.47. The topological polar surface area (TPSA) is 87.2 Å². The van der Waals surface area contributed by atoms with Gasteiger partial charge in [-0.2, -0.15) is 4.37 Å². The van der Waals surface area contributed by atoms with E-state index < -0.39 is 0 Å². The molecule has 2 aliphatic heterocycles. The van der Waals surface area contributed by atoms with Crippen LogP contribution in [0.15, 0.2) is 0 Å². The van der Waals surface area contributed by atoms with Crippen molar-refractivity contribution in [1.29, 1.82) is 0 Å². The van der Waals surface area contributed by atoms with Crippen molar-refractivity contribution in [2.75, 3.05) is 25.0 Å². The second-order valence-electron chi connectivity index (χ2n) is 6.16. The Morgan fingerprint density at radius 1 is 1.43 bits per heavy atom. The van der Waals surface area contributed by atoms with E-state index in [4.69, 9.17) is 0 Å². The van der Waals surface area contributed by atoms with Crippen molar-refractivity contribution in [3.63, 3.8) is 0 Å². The number of likely N-dealkylation sites (tertiary alicyclic amines) is 1. The third kappa shape index (κ3) is 2.27. The zero-order valence-corrected chi connectivity index (χ0v) is 12.4. The summed E-state index contributed by atoms with van der Waals surface area (Å²) < 4.78 is 4.26. The standard InChI is InChI=1S/C13H17N5O2S/c19-10-13(4-1-5-14-10)6-18(7-13)12(20)16-11-15-9(17-21-11)8-2-3-8/h8H,1-7H2,(H,14,19)(H,15,16,17,20). The quantitative estimate of drug-likeness (QED) is 0.858. The van der Waals surface area contributed by atoms with Gasteiger partial charge in [0.05, 0.1) is 5.41 Å². The second kappa shape index (κ2) is 4.66. The highest BCUT2D eigenvalue weighted by Gasteiger charge is 2.51. The summed E-state index contributed by atoms with van der Waals surface area (Å²) >= 11 is 1.23. The molecule has 0 aromatic carbocycles. The van der Waals surface area contributed by atoms with Gasteiger partial charge in [0.1, 0.15) is 5.82 Å². The lowest BCUT2D eigenvalue weighted by Crippen LogP contribution is -2.66. The molecule has 8 heteroatoms. The fourth-order valence-electron chi connectivity index (χ4n) is 3.02.